The van der Waals surface area contributed by atoms with E-state index in [-0.39, 0.29) is 0 Å². The molecule has 3 heteroatoms. The highest BCUT2D eigenvalue weighted by molar-refractivity contribution is 4.83. The van der Waals surface area contributed by atoms with E-state index in [1.807, 2.05) is 0 Å². The SMILES string of the molecule is CCC(C)CC(CC1CN(C)CCN1C)NC. The van der Waals surface area contributed by atoms with E-state index < -0.39 is 0 Å². The molecule has 3 atom stereocenters. The molecule has 0 aromatic rings. The molecule has 0 bridgehead atoms. The van der Waals surface area contributed by atoms with E-state index in [1.165, 1.54) is 38.9 Å². The molecule has 3 nitrogen and oxygen atoms in total. The Kier molecular flexibility index (Phi) is 6.45. The molecule has 102 valence electrons. The van der Waals surface area contributed by atoms with Crippen LogP contribution in [0.1, 0.15) is 33.1 Å². The maximum absolute atomic E-state index is 3.50. The molecule has 1 N–H and O–H groups in total. The zero-order valence-electron chi connectivity index (χ0n) is 12.4. The number of nitrogens with zero attached hydrogens (tertiary/aromatic N) is 2. The number of piperazine rings is 1. The number of hydrogen-bond acceptors (Lipinski definition) is 3. The van der Waals surface area contributed by atoms with Crippen molar-refractivity contribution in [2.75, 3.05) is 40.8 Å². The molecule has 17 heavy (non-hydrogen) atoms. The van der Waals surface area contributed by atoms with Crippen molar-refractivity contribution in [3.05, 3.63) is 0 Å². The average Bonchev–Trinajstić information content (AvgIpc) is 2.32. The van der Waals surface area contributed by atoms with Crippen molar-refractivity contribution in [3.8, 4) is 0 Å². The summed E-state index contributed by atoms with van der Waals surface area (Å²) in [7, 11) is 6.62. The Hall–Kier alpha value is -0.120. The average molecular weight is 241 g/mol. The molecule has 1 rings (SSSR count). The van der Waals surface area contributed by atoms with Crippen LogP contribution in [0.2, 0.25) is 0 Å². The third-order valence-electron chi connectivity index (χ3n) is 4.33. The highest BCUT2D eigenvalue weighted by atomic mass is 15.3. The standard InChI is InChI=1S/C14H31N3/c1-6-12(2)9-13(15-3)10-14-11-16(4)7-8-17(14)5/h12-15H,6-11H2,1-5H3. The third-order valence-corrected chi connectivity index (χ3v) is 4.33. The van der Waals surface area contributed by atoms with E-state index in [9.17, 15) is 0 Å². The van der Waals surface area contributed by atoms with Crippen molar-refractivity contribution >= 4 is 0 Å². The van der Waals surface area contributed by atoms with E-state index >= 15 is 0 Å². The van der Waals surface area contributed by atoms with Gasteiger partial charge >= 0.3 is 0 Å². The fourth-order valence-electron chi connectivity index (χ4n) is 2.67. The first-order valence-corrected chi connectivity index (χ1v) is 7.12. The van der Waals surface area contributed by atoms with Crippen LogP contribution in [-0.4, -0.2) is 62.7 Å². The summed E-state index contributed by atoms with van der Waals surface area (Å²) in [5.41, 5.74) is 0. The summed E-state index contributed by atoms with van der Waals surface area (Å²) in [6.45, 7) is 8.29. The van der Waals surface area contributed by atoms with Gasteiger partial charge < -0.3 is 15.1 Å². The van der Waals surface area contributed by atoms with Gasteiger partial charge in [0.2, 0.25) is 0 Å². The second kappa shape index (κ2) is 7.34. The van der Waals surface area contributed by atoms with E-state index in [1.54, 1.807) is 0 Å². The highest BCUT2D eigenvalue weighted by Crippen LogP contribution is 2.17. The summed E-state index contributed by atoms with van der Waals surface area (Å²) in [5.74, 6) is 0.832. The van der Waals surface area contributed by atoms with Crippen molar-refractivity contribution in [2.45, 2.75) is 45.2 Å². The van der Waals surface area contributed by atoms with Crippen LogP contribution in [-0.2, 0) is 0 Å². The lowest BCUT2D eigenvalue weighted by atomic mass is 9.93. The van der Waals surface area contributed by atoms with Gasteiger partial charge in [-0.05, 0) is 39.9 Å². The van der Waals surface area contributed by atoms with Gasteiger partial charge in [0, 0.05) is 31.7 Å². The van der Waals surface area contributed by atoms with Gasteiger partial charge in [0.1, 0.15) is 0 Å². The van der Waals surface area contributed by atoms with Gasteiger partial charge in [0.05, 0.1) is 0 Å². The van der Waals surface area contributed by atoms with Crippen LogP contribution in [0.4, 0.5) is 0 Å². The largest absolute Gasteiger partial charge is 0.317 e. The molecule has 3 unspecified atom stereocenters. The molecule has 1 saturated heterocycles. The van der Waals surface area contributed by atoms with E-state index in [4.69, 9.17) is 0 Å². The maximum atomic E-state index is 3.50. The summed E-state index contributed by atoms with van der Waals surface area (Å²) in [6.07, 6.45) is 3.88. The van der Waals surface area contributed by atoms with Crippen LogP contribution in [0.15, 0.2) is 0 Å². The summed E-state index contributed by atoms with van der Waals surface area (Å²) >= 11 is 0. The quantitative estimate of drug-likeness (QED) is 0.763. The number of hydrogen-bond donors (Lipinski definition) is 1. The lowest BCUT2D eigenvalue weighted by molar-refractivity contribution is 0.0992. The minimum absolute atomic E-state index is 0.670. The monoisotopic (exact) mass is 241 g/mol. The normalized spacial score (nSPS) is 27.0. The van der Waals surface area contributed by atoms with Gasteiger partial charge in [-0.2, -0.15) is 0 Å². The van der Waals surface area contributed by atoms with Crippen LogP contribution in [0.3, 0.4) is 0 Å². The van der Waals surface area contributed by atoms with Crippen molar-refractivity contribution in [1.82, 2.24) is 15.1 Å². The molecular weight excluding hydrogens is 210 g/mol. The molecule has 0 saturated carbocycles. The Morgan fingerprint density at radius 2 is 2.00 bits per heavy atom. The molecule has 0 aliphatic carbocycles. The molecule has 0 aromatic heterocycles. The van der Waals surface area contributed by atoms with Gasteiger partial charge in [-0.3, -0.25) is 0 Å². The van der Waals surface area contributed by atoms with Gasteiger partial charge in [-0.15, -0.1) is 0 Å². The summed E-state index contributed by atoms with van der Waals surface area (Å²) in [5, 5.41) is 3.50. The Morgan fingerprint density at radius 1 is 1.29 bits per heavy atom. The predicted molar refractivity (Wildman–Crippen MR) is 75.5 cm³/mol. The van der Waals surface area contributed by atoms with Gasteiger partial charge in [-0.1, -0.05) is 20.3 Å². The minimum Gasteiger partial charge on any atom is -0.317 e. The second-order valence-corrected chi connectivity index (χ2v) is 5.87. The molecule has 0 spiro atoms. The maximum Gasteiger partial charge on any atom is 0.0235 e. The Balaban J connectivity index is 2.42. The molecule has 1 fully saturated rings. The second-order valence-electron chi connectivity index (χ2n) is 5.87. The van der Waals surface area contributed by atoms with E-state index in [2.05, 4.69) is 50.1 Å². The number of rotatable bonds is 6. The zero-order valence-corrected chi connectivity index (χ0v) is 12.4. The van der Waals surface area contributed by atoms with Crippen molar-refractivity contribution in [3.63, 3.8) is 0 Å². The molecular formula is C14H31N3. The first kappa shape index (κ1) is 14.9. The van der Waals surface area contributed by atoms with E-state index in [0.717, 1.165) is 12.0 Å². The van der Waals surface area contributed by atoms with Gasteiger partial charge in [-0.25, -0.2) is 0 Å². The summed E-state index contributed by atoms with van der Waals surface area (Å²) in [6, 6.07) is 1.39. The van der Waals surface area contributed by atoms with Crippen molar-refractivity contribution in [2.24, 2.45) is 5.92 Å². The van der Waals surface area contributed by atoms with Crippen molar-refractivity contribution in [1.29, 1.82) is 0 Å². The Labute approximate surface area is 108 Å². The highest BCUT2D eigenvalue weighted by Gasteiger charge is 2.25. The fourth-order valence-corrected chi connectivity index (χ4v) is 2.67. The zero-order chi connectivity index (χ0) is 12.8. The Bertz CT molecular complexity index is 208. The van der Waals surface area contributed by atoms with Gasteiger partial charge in [0.15, 0.2) is 0 Å². The third kappa shape index (κ3) is 4.94. The van der Waals surface area contributed by atoms with Crippen LogP contribution >= 0.6 is 0 Å². The van der Waals surface area contributed by atoms with Crippen LogP contribution in [0.25, 0.3) is 0 Å². The van der Waals surface area contributed by atoms with Gasteiger partial charge in [0.25, 0.3) is 0 Å². The first-order chi connectivity index (χ1) is 8.06. The lowest BCUT2D eigenvalue weighted by Crippen LogP contribution is -2.52. The van der Waals surface area contributed by atoms with Crippen LogP contribution in [0, 0.1) is 5.92 Å². The molecule has 0 amide bonds. The number of likely N-dealkylation sites (N-methyl/N-ethyl adjacent to an activating group) is 2. The Morgan fingerprint density at radius 3 is 2.59 bits per heavy atom. The smallest absolute Gasteiger partial charge is 0.0235 e. The fraction of sp³-hybridized carbons (Fsp3) is 1.00. The summed E-state index contributed by atoms with van der Waals surface area (Å²) in [4.78, 5) is 4.99. The van der Waals surface area contributed by atoms with Crippen LogP contribution in [0.5, 0.6) is 0 Å². The van der Waals surface area contributed by atoms with Crippen molar-refractivity contribution < 1.29 is 0 Å². The van der Waals surface area contributed by atoms with Crippen LogP contribution < -0.4 is 5.32 Å². The lowest BCUT2D eigenvalue weighted by Gasteiger charge is -2.39. The molecule has 0 radical (unpaired) electrons. The number of nitrogens with one attached hydrogen (secondary N) is 1. The molecule has 1 heterocycles. The topological polar surface area (TPSA) is 18.5 Å². The summed E-state index contributed by atoms with van der Waals surface area (Å²) < 4.78 is 0. The minimum atomic E-state index is 0.670. The first-order valence-electron chi connectivity index (χ1n) is 7.12. The predicted octanol–water partition coefficient (Wildman–Crippen LogP) is 1.65. The molecule has 0 aromatic carbocycles. The molecule has 1 aliphatic rings. The van der Waals surface area contributed by atoms with E-state index in [0.29, 0.717) is 6.04 Å². The molecule has 1 aliphatic heterocycles.